The Hall–Kier alpha value is -2.73. The molecular formula is C24H22F2N2OS. The average molecular weight is 425 g/mol. The number of carbonyl (C=O) groups excluding carboxylic acids is 1. The first kappa shape index (κ1) is 19.2. The van der Waals surface area contributed by atoms with Crippen molar-refractivity contribution in [2.24, 2.45) is 0 Å². The molecule has 1 aromatic heterocycles. The molecule has 2 heterocycles. The molecule has 0 unspecified atom stereocenters. The summed E-state index contributed by atoms with van der Waals surface area (Å²) in [5.41, 5.74) is 3.78. The van der Waals surface area contributed by atoms with Gasteiger partial charge in [-0.15, -0.1) is 11.3 Å². The Morgan fingerprint density at radius 2 is 1.80 bits per heavy atom. The van der Waals surface area contributed by atoms with Crippen molar-refractivity contribution in [2.45, 2.75) is 38.1 Å². The third-order valence-electron chi connectivity index (χ3n) is 6.02. The van der Waals surface area contributed by atoms with Crippen molar-refractivity contribution in [1.82, 2.24) is 4.90 Å². The number of halogens is 2. The number of thiophene rings is 1. The van der Waals surface area contributed by atoms with E-state index in [0.717, 1.165) is 43.0 Å². The lowest BCUT2D eigenvalue weighted by Gasteiger charge is -2.36. The van der Waals surface area contributed by atoms with E-state index < -0.39 is 17.7 Å². The maximum absolute atomic E-state index is 14.1. The summed E-state index contributed by atoms with van der Waals surface area (Å²) in [5.74, 6) is -1.23. The van der Waals surface area contributed by atoms with Crippen LogP contribution in [0.2, 0.25) is 0 Å². The van der Waals surface area contributed by atoms with Crippen molar-refractivity contribution in [3.63, 3.8) is 0 Å². The van der Waals surface area contributed by atoms with Gasteiger partial charge in [0.2, 0.25) is 0 Å². The number of aryl methyl sites for hydroxylation is 1. The Kier molecular flexibility index (Phi) is 5.03. The van der Waals surface area contributed by atoms with Gasteiger partial charge in [0, 0.05) is 22.4 Å². The topological polar surface area (TPSA) is 32.3 Å². The number of urea groups is 1. The van der Waals surface area contributed by atoms with Crippen LogP contribution in [0.3, 0.4) is 0 Å². The zero-order valence-electron chi connectivity index (χ0n) is 16.5. The van der Waals surface area contributed by atoms with Crippen LogP contribution in [0, 0.1) is 11.6 Å². The number of hydrogen-bond acceptors (Lipinski definition) is 2. The molecule has 0 saturated carbocycles. The molecular weight excluding hydrogens is 402 g/mol. The minimum Gasteiger partial charge on any atom is -0.312 e. The zero-order chi connectivity index (χ0) is 20.7. The van der Waals surface area contributed by atoms with Crippen molar-refractivity contribution in [2.75, 3.05) is 11.9 Å². The number of carbonyl (C=O) groups is 1. The van der Waals surface area contributed by atoms with Gasteiger partial charge in [-0.1, -0.05) is 30.3 Å². The van der Waals surface area contributed by atoms with Crippen LogP contribution >= 0.6 is 11.3 Å². The van der Waals surface area contributed by atoms with Gasteiger partial charge in [0.05, 0.1) is 11.7 Å². The fourth-order valence-corrected chi connectivity index (χ4v) is 6.20. The molecule has 1 N–H and O–H groups in total. The minimum atomic E-state index is -0.648. The first-order valence-electron chi connectivity index (χ1n) is 10.3. The number of nitrogens with one attached hydrogen (secondary N) is 1. The molecule has 2 amide bonds. The molecule has 0 spiro atoms. The van der Waals surface area contributed by atoms with E-state index >= 15 is 0 Å². The van der Waals surface area contributed by atoms with Crippen LogP contribution in [0.1, 0.15) is 45.3 Å². The molecule has 1 aliphatic carbocycles. The van der Waals surface area contributed by atoms with Gasteiger partial charge >= 0.3 is 6.03 Å². The predicted molar refractivity (Wildman–Crippen MR) is 115 cm³/mol. The number of nitrogens with zero attached hydrogens (tertiary/aromatic N) is 1. The number of rotatable bonds is 2. The normalized spacial score (nSPS) is 17.9. The summed E-state index contributed by atoms with van der Waals surface area (Å²) >= 11 is 1.82. The second-order valence-corrected chi connectivity index (χ2v) is 9.00. The lowest BCUT2D eigenvalue weighted by Crippen LogP contribution is -2.42. The molecule has 1 aliphatic heterocycles. The van der Waals surface area contributed by atoms with Crippen molar-refractivity contribution >= 4 is 23.1 Å². The summed E-state index contributed by atoms with van der Waals surface area (Å²) in [7, 11) is 0. The summed E-state index contributed by atoms with van der Waals surface area (Å²) in [6.45, 7) is 0.540. The quantitative estimate of drug-likeness (QED) is 0.531. The first-order valence-corrected chi connectivity index (χ1v) is 11.1. The molecule has 5 rings (SSSR count). The van der Waals surface area contributed by atoms with Crippen LogP contribution < -0.4 is 5.32 Å². The van der Waals surface area contributed by atoms with Crippen LogP contribution in [0.5, 0.6) is 0 Å². The molecule has 3 aromatic rings. The number of fused-ring (bicyclic) bond motifs is 3. The Balaban J connectivity index is 1.53. The summed E-state index contributed by atoms with van der Waals surface area (Å²) in [6.07, 6.45) is 5.45. The Labute approximate surface area is 178 Å². The van der Waals surface area contributed by atoms with E-state index in [2.05, 4.69) is 5.32 Å². The zero-order valence-corrected chi connectivity index (χ0v) is 17.3. The maximum atomic E-state index is 14.1. The van der Waals surface area contributed by atoms with Crippen LogP contribution in [0.4, 0.5) is 19.3 Å². The molecule has 6 heteroatoms. The van der Waals surface area contributed by atoms with Crippen molar-refractivity contribution in [3.8, 4) is 0 Å². The van der Waals surface area contributed by atoms with E-state index in [4.69, 9.17) is 0 Å². The number of anilines is 1. The van der Waals surface area contributed by atoms with E-state index in [1.54, 1.807) is 4.90 Å². The summed E-state index contributed by atoms with van der Waals surface area (Å²) < 4.78 is 27.7. The van der Waals surface area contributed by atoms with Gasteiger partial charge in [0.1, 0.15) is 11.6 Å². The highest BCUT2D eigenvalue weighted by Gasteiger charge is 2.36. The summed E-state index contributed by atoms with van der Waals surface area (Å²) in [6, 6.07) is 12.4. The Bertz CT molecular complexity index is 1100. The largest absolute Gasteiger partial charge is 0.322 e. The molecule has 0 saturated heterocycles. The van der Waals surface area contributed by atoms with Gasteiger partial charge in [-0.2, -0.15) is 0 Å². The molecule has 0 radical (unpaired) electrons. The highest BCUT2D eigenvalue weighted by molar-refractivity contribution is 7.12. The lowest BCUT2D eigenvalue weighted by atomic mass is 9.88. The van der Waals surface area contributed by atoms with E-state index in [-0.39, 0.29) is 11.7 Å². The summed E-state index contributed by atoms with van der Waals surface area (Å²) in [4.78, 5) is 17.6. The van der Waals surface area contributed by atoms with Crippen molar-refractivity contribution in [3.05, 3.63) is 86.6 Å². The van der Waals surface area contributed by atoms with E-state index in [1.165, 1.54) is 33.7 Å². The van der Waals surface area contributed by atoms with Crippen LogP contribution in [0.15, 0.2) is 48.5 Å². The number of amides is 2. The van der Waals surface area contributed by atoms with E-state index in [1.807, 2.05) is 41.7 Å². The standard InChI is InChI=1S/C24H22F2N2OS/c25-16-10-11-19(26)20(14-16)27-24(29)28-13-12-18-17-8-4-5-9-21(17)30-23(18)22(28)15-6-2-1-3-7-15/h1-3,6-7,10-11,14,22H,4-5,8-9,12-13H2,(H,27,29)/t22-/m0/s1. The molecule has 2 aliphatic rings. The van der Waals surface area contributed by atoms with Gasteiger partial charge in [0.15, 0.2) is 0 Å². The van der Waals surface area contributed by atoms with Crippen molar-refractivity contribution in [1.29, 1.82) is 0 Å². The molecule has 3 nitrogen and oxygen atoms in total. The van der Waals surface area contributed by atoms with Gasteiger partial charge in [-0.3, -0.25) is 0 Å². The maximum Gasteiger partial charge on any atom is 0.322 e. The SMILES string of the molecule is O=C(Nc1cc(F)ccc1F)N1CCc2c(sc3c2CCCC3)[C@@H]1c1ccccc1. The number of benzene rings is 2. The third-order valence-corrected chi connectivity index (χ3v) is 7.41. The van der Waals surface area contributed by atoms with Gasteiger partial charge in [-0.05, 0) is 60.9 Å². The Morgan fingerprint density at radius 3 is 2.63 bits per heavy atom. The smallest absolute Gasteiger partial charge is 0.312 e. The lowest BCUT2D eigenvalue weighted by molar-refractivity contribution is 0.195. The fourth-order valence-electron chi connectivity index (χ4n) is 4.62. The molecule has 0 bridgehead atoms. The summed E-state index contributed by atoms with van der Waals surface area (Å²) in [5, 5.41) is 2.59. The van der Waals surface area contributed by atoms with Gasteiger partial charge < -0.3 is 10.2 Å². The van der Waals surface area contributed by atoms with Gasteiger partial charge in [0.25, 0.3) is 0 Å². The predicted octanol–water partition coefficient (Wildman–Crippen LogP) is 6.08. The highest BCUT2D eigenvalue weighted by Crippen LogP contribution is 2.45. The molecule has 1 atom stereocenters. The van der Waals surface area contributed by atoms with E-state index in [9.17, 15) is 13.6 Å². The van der Waals surface area contributed by atoms with Crippen LogP contribution in [0.25, 0.3) is 0 Å². The average Bonchev–Trinajstić information content (AvgIpc) is 3.15. The second kappa shape index (κ2) is 7.84. The van der Waals surface area contributed by atoms with E-state index in [0.29, 0.717) is 6.54 Å². The fraction of sp³-hybridized carbons (Fsp3) is 0.292. The minimum absolute atomic E-state index is 0.136. The molecule has 2 aromatic carbocycles. The monoisotopic (exact) mass is 424 g/mol. The number of hydrogen-bond donors (Lipinski definition) is 1. The third kappa shape index (κ3) is 3.39. The molecule has 30 heavy (non-hydrogen) atoms. The van der Waals surface area contributed by atoms with Crippen LogP contribution in [-0.4, -0.2) is 17.5 Å². The Morgan fingerprint density at radius 1 is 1.00 bits per heavy atom. The van der Waals surface area contributed by atoms with Crippen molar-refractivity contribution < 1.29 is 13.6 Å². The molecule has 0 fully saturated rings. The second-order valence-electron chi connectivity index (χ2n) is 7.86. The van der Waals surface area contributed by atoms with Crippen LogP contribution in [-0.2, 0) is 19.3 Å². The highest BCUT2D eigenvalue weighted by atomic mass is 32.1. The first-order chi connectivity index (χ1) is 14.6. The van der Waals surface area contributed by atoms with Gasteiger partial charge in [-0.25, -0.2) is 13.6 Å². The molecule has 154 valence electrons.